The number of carbonyl (C=O) groups excluding carboxylic acids is 1. The average Bonchev–Trinajstić information content (AvgIpc) is 3.34. The second-order valence-corrected chi connectivity index (χ2v) is 9.40. The molecule has 0 radical (unpaired) electrons. The summed E-state index contributed by atoms with van der Waals surface area (Å²) >= 11 is 4.02. The van der Waals surface area contributed by atoms with Gasteiger partial charge in [-0.15, -0.1) is 23.5 Å². The zero-order chi connectivity index (χ0) is 16.4. The Balaban J connectivity index is 1.37. The normalized spacial score (nSPS) is 26.2. The third kappa shape index (κ3) is 3.62. The Morgan fingerprint density at radius 3 is 2.46 bits per heavy atom. The Hall–Kier alpha value is -0.690. The van der Waals surface area contributed by atoms with E-state index in [-0.39, 0.29) is 5.91 Å². The largest absolute Gasteiger partial charge is 0.337 e. The molecular weight excluding hydrogens is 338 g/mol. The summed E-state index contributed by atoms with van der Waals surface area (Å²) in [5.74, 6) is 2.67. The highest BCUT2D eigenvalue weighted by Gasteiger charge is 2.31. The third-order valence-corrected chi connectivity index (χ3v) is 8.27. The molecule has 1 aromatic carbocycles. The van der Waals surface area contributed by atoms with Crippen molar-refractivity contribution in [2.75, 3.05) is 50.8 Å². The molecule has 1 aromatic rings. The van der Waals surface area contributed by atoms with Crippen LogP contribution in [0, 0.1) is 0 Å². The molecule has 1 amide bonds. The summed E-state index contributed by atoms with van der Waals surface area (Å²) in [6.07, 6.45) is 1.11. The maximum absolute atomic E-state index is 12.8. The van der Waals surface area contributed by atoms with Crippen LogP contribution in [0.15, 0.2) is 24.3 Å². The van der Waals surface area contributed by atoms with Gasteiger partial charge in [0.15, 0.2) is 0 Å². The number of rotatable bonds is 3. The maximum atomic E-state index is 12.8. The SMILES string of the molecule is O=C(c1ccc(C2SCCS2)cc1)N1CCC(N2CCNCC2)C1. The van der Waals surface area contributed by atoms with Crippen molar-refractivity contribution in [3.05, 3.63) is 35.4 Å². The molecule has 1 unspecified atom stereocenters. The van der Waals surface area contributed by atoms with E-state index in [0.717, 1.165) is 51.3 Å². The first kappa shape index (κ1) is 16.8. The number of hydrogen-bond donors (Lipinski definition) is 1. The Morgan fingerprint density at radius 2 is 1.75 bits per heavy atom. The molecule has 4 nitrogen and oxygen atoms in total. The molecule has 0 bridgehead atoms. The zero-order valence-electron chi connectivity index (χ0n) is 13.9. The highest BCUT2D eigenvalue weighted by Crippen LogP contribution is 2.45. The third-order valence-electron chi connectivity index (χ3n) is 5.17. The van der Waals surface area contributed by atoms with E-state index >= 15 is 0 Å². The lowest BCUT2D eigenvalue weighted by Crippen LogP contribution is -2.49. The fraction of sp³-hybridized carbons (Fsp3) is 0.611. The summed E-state index contributed by atoms with van der Waals surface area (Å²) in [6.45, 7) is 6.14. The minimum absolute atomic E-state index is 0.200. The Bertz CT molecular complexity index is 568. The van der Waals surface area contributed by atoms with Gasteiger partial charge in [-0.2, -0.15) is 0 Å². The molecule has 0 spiro atoms. The molecule has 0 aromatic heterocycles. The monoisotopic (exact) mass is 363 g/mol. The summed E-state index contributed by atoms with van der Waals surface area (Å²) in [5.41, 5.74) is 2.19. The van der Waals surface area contributed by atoms with Gasteiger partial charge in [-0.1, -0.05) is 12.1 Å². The van der Waals surface area contributed by atoms with Crippen LogP contribution in [0.1, 0.15) is 26.9 Å². The van der Waals surface area contributed by atoms with E-state index in [0.29, 0.717) is 10.6 Å². The second kappa shape index (κ2) is 7.68. The van der Waals surface area contributed by atoms with Crippen molar-refractivity contribution in [2.24, 2.45) is 0 Å². The predicted octanol–water partition coefficient (Wildman–Crippen LogP) is 2.28. The van der Waals surface area contributed by atoms with Gasteiger partial charge in [-0.25, -0.2) is 0 Å². The van der Waals surface area contributed by atoms with Crippen LogP contribution in [0.5, 0.6) is 0 Å². The van der Waals surface area contributed by atoms with Gasteiger partial charge >= 0.3 is 0 Å². The first-order valence-corrected chi connectivity index (χ1v) is 11.0. The smallest absolute Gasteiger partial charge is 0.253 e. The van der Waals surface area contributed by atoms with Gasteiger partial charge in [-0.3, -0.25) is 9.69 Å². The van der Waals surface area contributed by atoms with E-state index in [1.165, 1.54) is 17.1 Å². The molecule has 4 rings (SSSR count). The van der Waals surface area contributed by atoms with Gasteiger partial charge in [0.05, 0.1) is 4.58 Å². The van der Waals surface area contributed by atoms with Gasteiger partial charge in [0.2, 0.25) is 0 Å². The van der Waals surface area contributed by atoms with Crippen LogP contribution in [0.3, 0.4) is 0 Å². The number of hydrogen-bond acceptors (Lipinski definition) is 5. The number of benzene rings is 1. The van der Waals surface area contributed by atoms with Crippen LogP contribution in [-0.2, 0) is 0 Å². The minimum atomic E-state index is 0.200. The Kier molecular flexibility index (Phi) is 5.37. The summed E-state index contributed by atoms with van der Waals surface area (Å²) < 4.78 is 0.554. The highest BCUT2D eigenvalue weighted by atomic mass is 32.2. The standard InChI is InChI=1S/C18H25N3OS2/c22-17(14-1-3-15(4-2-14)18-23-11-12-24-18)21-8-5-16(13-21)20-9-6-19-7-10-20/h1-4,16,18-19H,5-13H2. The molecule has 3 fully saturated rings. The number of nitrogens with one attached hydrogen (secondary N) is 1. The van der Waals surface area contributed by atoms with Gasteiger partial charge in [-0.05, 0) is 24.1 Å². The van der Waals surface area contributed by atoms with E-state index in [2.05, 4.69) is 22.3 Å². The van der Waals surface area contributed by atoms with Crippen molar-refractivity contribution >= 4 is 29.4 Å². The average molecular weight is 364 g/mol. The van der Waals surface area contributed by atoms with Crippen molar-refractivity contribution in [3.63, 3.8) is 0 Å². The van der Waals surface area contributed by atoms with Crippen molar-refractivity contribution in [1.29, 1.82) is 0 Å². The first-order valence-electron chi connectivity index (χ1n) is 8.88. The van der Waals surface area contributed by atoms with Crippen LogP contribution in [0.25, 0.3) is 0 Å². The van der Waals surface area contributed by atoms with Crippen molar-refractivity contribution in [2.45, 2.75) is 17.0 Å². The molecule has 3 heterocycles. The van der Waals surface area contributed by atoms with Gasteiger partial charge in [0.25, 0.3) is 5.91 Å². The summed E-state index contributed by atoms with van der Waals surface area (Å²) in [7, 11) is 0. The van der Waals surface area contributed by atoms with Gasteiger partial charge in [0, 0.05) is 62.4 Å². The van der Waals surface area contributed by atoms with Crippen molar-refractivity contribution in [1.82, 2.24) is 15.1 Å². The minimum Gasteiger partial charge on any atom is -0.337 e. The first-order chi connectivity index (χ1) is 11.8. The Morgan fingerprint density at radius 1 is 1.04 bits per heavy atom. The molecule has 1 N–H and O–H groups in total. The maximum Gasteiger partial charge on any atom is 0.253 e. The van der Waals surface area contributed by atoms with Crippen LogP contribution >= 0.6 is 23.5 Å². The molecule has 3 saturated heterocycles. The van der Waals surface area contributed by atoms with E-state index in [4.69, 9.17) is 0 Å². The van der Waals surface area contributed by atoms with Gasteiger partial charge < -0.3 is 10.2 Å². The number of carbonyl (C=O) groups is 1. The van der Waals surface area contributed by atoms with Crippen LogP contribution in [-0.4, -0.2) is 72.5 Å². The number of piperazine rings is 1. The number of amides is 1. The summed E-state index contributed by atoms with van der Waals surface area (Å²) in [6, 6.07) is 8.88. The molecule has 3 aliphatic rings. The quantitative estimate of drug-likeness (QED) is 0.891. The molecule has 0 aliphatic carbocycles. The number of thioether (sulfide) groups is 2. The summed E-state index contributed by atoms with van der Waals surface area (Å²) in [4.78, 5) is 17.4. The second-order valence-electron chi connectivity index (χ2n) is 6.68. The summed E-state index contributed by atoms with van der Waals surface area (Å²) in [5, 5.41) is 3.40. The number of likely N-dealkylation sites (tertiary alicyclic amines) is 1. The molecule has 24 heavy (non-hydrogen) atoms. The predicted molar refractivity (Wildman–Crippen MR) is 103 cm³/mol. The molecule has 130 valence electrons. The molecule has 1 atom stereocenters. The van der Waals surface area contributed by atoms with Crippen LogP contribution in [0.2, 0.25) is 0 Å². The molecular formula is C18H25N3OS2. The Labute approximate surface area is 152 Å². The van der Waals surface area contributed by atoms with E-state index in [1.807, 2.05) is 40.6 Å². The van der Waals surface area contributed by atoms with Gasteiger partial charge in [0.1, 0.15) is 0 Å². The van der Waals surface area contributed by atoms with Crippen LogP contribution in [0.4, 0.5) is 0 Å². The topological polar surface area (TPSA) is 35.6 Å². The lowest BCUT2D eigenvalue weighted by molar-refractivity contribution is 0.0773. The van der Waals surface area contributed by atoms with Crippen molar-refractivity contribution < 1.29 is 4.79 Å². The molecule has 3 aliphatic heterocycles. The fourth-order valence-electron chi connectivity index (χ4n) is 3.79. The lowest BCUT2D eigenvalue weighted by atomic mass is 10.1. The zero-order valence-corrected chi connectivity index (χ0v) is 15.6. The number of nitrogens with zero attached hydrogens (tertiary/aromatic N) is 2. The molecule has 6 heteroatoms. The van der Waals surface area contributed by atoms with E-state index < -0.39 is 0 Å². The molecule has 0 saturated carbocycles. The highest BCUT2D eigenvalue weighted by molar-refractivity contribution is 8.19. The van der Waals surface area contributed by atoms with E-state index in [1.54, 1.807) is 0 Å². The van der Waals surface area contributed by atoms with Crippen molar-refractivity contribution in [3.8, 4) is 0 Å². The van der Waals surface area contributed by atoms with Crippen LogP contribution < -0.4 is 5.32 Å². The fourth-order valence-corrected chi connectivity index (χ4v) is 6.65. The van der Waals surface area contributed by atoms with E-state index in [9.17, 15) is 4.79 Å². The lowest BCUT2D eigenvalue weighted by Gasteiger charge is -2.32.